The molecule has 9 heteroatoms. The molecule has 0 aliphatic carbocycles. The molecule has 1 amide bonds. The molecule has 2 N–H and O–H groups in total. The first kappa shape index (κ1) is 21.2. The van der Waals surface area contributed by atoms with Crippen molar-refractivity contribution in [1.82, 2.24) is 14.5 Å². The molecule has 1 saturated heterocycles. The number of piperidine rings is 1. The average molecular weight is 443 g/mol. The predicted octanol–water partition coefficient (Wildman–Crippen LogP) is 3.56. The number of hydrogen-bond acceptors (Lipinski definition) is 4. The van der Waals surface area contributed by atoms with Gasteiger partial charge in [-0.05, 0) is 44.0 Å². The van der Waals surface area contributed by atoms with E-state index in [2.05, 4.69) is 15.5 Å². The number of nitrogens with one attached hydrogen (secondary N) is 2. The smallest absolute Gasteiger partial charge is 0.243 e. The Kier molecular flexibility index (Phi) is 5.88. The van der Waals surface area contributed by atoms with Crippen LogP contribution >= 0.6 is 0 Å². The van der Waals surface area contributed by atoms with Crippen LogP contribution in [0.2, 0.25) is 0 Å². The van der Waals surface area contributed by atoms with Crippen molar-refractivity contribution >= 4 is 21.7 Å². The number of aromatic amines is 1. The standard InChI is InChI=1S/C22H23FN4O3S/c1-15-7-9-19(10-8-15)31(29,30)27-11-3-5-17(14-27)22(28)24-21-13-20(25-26-21)16-4-2-6-18(23)12-16/h2,4,6-10,12-13,17H,3,5,11,14H2,1H3,(H2,24,25,26,28)/t17-/m0/s1. The lowest BCUT2D eigenvalue weighted by atomic mass is 9.99. The monoisotopic (exact) mass is 442 g/mol. The van der Waals surface area contributed by atoms with Crippen LogP contribution in [-0.4, -0.2) is 41.9 Å². The summed E-state index contributed by atoms with van der Waals surface area (Å²) in [4.78, 5) is 13.0. The first-order chi connectivity index (χ1) is 14.8. The minimum atomic E-state index is -3.66. The van der Waals surface area contributed by atoms with Crippen LogP contribution < -0.4 is 5.32 Å². The maximum absolute atomic E-state index is 13.4. The fraction of sp³-hybridized carbons (Fsp3) is 0.273. The molecule has 31 heavy (non-hydrogen) atoms. The third kappa shape index (κ3) is 4.67. The van der Waals surface area contributed by atoms with Gasteiger partial charge in [0.15, 0.2) is 5.82 Å². The molecule has 0 bridgehead atoms. The minimum absolute atomic E-state index is 0.114. The first-order valence-corrected chi connectivity index (χ1v) is 11.5. The van der Waals surface area contributed by atoms with Crippen molar-refractivity contribution in [3.63, 3.8) is 0 Å². The van der Waals surface area contributed by atoms with Gasteiger partial charge in [0.2, 0.25) is 15.9 Å². The number of carbonyl (C=O) groups is 1. The number of carbonyl (C=O) groups excluding carboxylic acids is 1. The van der Waals surface area contributed by atoms with E-state index in [9.17, 15) is 17.6 Å². The van der Waals surface area contributed by atoms with Gasteiger partial charge >= 0.3 is 0 Å². The Bertz CT molecular complexity index is 1190. The van der Waals surface area contributed by atoms with Gasteiger partial charge in [-0.3, -0.25) is 9.89 Å². The summed E-state index contributed by atoms with van der Waals surface area (Å²) >= 11 is 0. The number of halogens is 1. The summed E-state index contributed by atoms with van der Waals surface area (Å²) < 4.78 is 40.7. The van der Waals surface area contributed by atoms with E-state index in [1.807, 2.05) is 6.92 Å². The molecule has 0 spiro atoms. The second-order valence-corrected chi connectivity index (χ2v) is 9.62. The lowest BCUT2D eigenvalue weighted by molar-refractivity contribution is -0.120. The van der Waals surface area contributed by atoms with E-state index in [1.165, 1.54) is 16.4 Å². The highest BCUT2D eigenvalue weighted by Gasteiger charge is 2.33. The Morgan fingerprint density at radius 3 is 2.71 bits per heavy atom. The normalized spacial score (nSPS) is 17.4. The fourth-order valence-corrected chi connectivity index (χ4v) is 5.18. The fourth-order valence-electron chi connectivity index (χ4n) is 3.65. The van der Waals surface area contributed by atoms with Crippen LogP contribution in [0.4, 0.5) is 10.2 Å². The highest BCUT2D eigenvalue weighted by atomic mass is 32.2. The van der Waals surface area contributed by atoms with Gasteiger partial charge in [0.25, 0.3) is 0 Å². The van der Waals surface area contributed by atoms with Crippen LogP contribution in [0.3, 0.4) is 0 Å². The molecule has 0 radical (unpaired) electrons. The molecule has 162 valence electrons. The molecule has 1 atom stereocenters. The van der Waals surface area contributed by atoms with Gasteiger partial charge in [0.05, 0.1) is 16.5 Å². The van der Waals surface area contributed by atoms with Gasteiger partial charge in [-0.1, -0.05) is 29.8 Å². The average Bonchev–Trinajstić information content (AvgIpc) is 3.23. The number of nitrogens with zero attached hydrogens (tertiary/aromatic N) is 2. The van der Waals surface area contributed by atoms with Gasteiger partial charge in [-0.2, -0.15) is 9.40 Å². The number of sulfonamides is 1. The van der Waals surface area contributed by atoms with Gasteiger partial charge in [0, 0.05) is 24.7 Å². The zero-order chi connectivity index (χ0) is 22.0. The number of benzene rings is 2. The number of H-pyrrole nitrogens is 1. The predicted molar refractivity (Wildman–Crippen MR) is 115 cm³/mol. The summed E-state index contributed by atoms with van der Waals surface area (Å²) in [5.74, 6) is -0.832. The summed E-state index contributed by atoms with van der Waals surface area (Å²) in [5.41, 5.74) is 2.16. The molecule has 0 unspecified atom stereocenters. The molecule has 2 heterocycles. The zero-order valence-electron chi connectivity index (χ0n) is 17.0. The van der Waals surface area contributed by atoms with Gasteiger partial charge in [-0.15, -0.1) is 0 Å². The van der Waals surface area contributed by atoms with Crippen LogP contribution in [0.25, 0.3) is 11.3 Å². The number of aromatic nitrogens is 2. The molecule has 1 aliphatic rings. The Morgan fingerprint density at radius 1 is 1.19 bits per heavy atom. The first-order valence-electron chi connectivity index (χ1n) is 10.0. The van der Waals surface area contributed by atoms with Crippen molar-refractivity contribution in [1.29, 1.82) is 0 Å². The third-order valence-electron chi connectivity index (χ3n) is 5.38. The van der Waals surface area contributed by atoms with Crippen molar-refractivity contribution in [2.24, 2.45) is 5.92 Å². The van der Waals surface area contributed by atoms with Crippen molar-refractivity contribution < 1.29 is 17.6 Å². The Balaban J connectivity index is 1.44. The Labute approximate surface area is 180 Å². The van der Waals surface area contributed by atoms with E-state index in [4.69, 9.17) is 0 Å². The van der Waals surface area contributed by atoms with Crippen LogP contribution in [0.15, 0.2) is 59.5 Å². The van der Waals surface area contributed by atoms with Gasteiger partial charge in [-0.25, -0.2) is 12.8 Å². The summed E-state index contributed by atoms with van der Waals surface area (Å²) in [5, 5.41) is 9.59. The van der Waals surface area contributed by atoms with Crippen molar-refractivity contribution in [2.75, 3.05) is 18.4 Å². The number of aryl methyl sites for hydroxylation is 1. The minimum Gasteiger partial charge on any atom is -0.309 e. The second kappa shape index (κ2) is 8.60. The van der Waals surface area contributed by atoms with Crippen LogP contribution in [-0.2, 0) is 14.8 Å². The van der Waals surface area contributed by atoms with Crippen molar-refractivity contribution in [3.05, 3.63) is 66.0 Å². The van der Waals surface area contributed by atoms with Crippen LogP contribution in [0.5, 0.6) is 0 Å². The lowest BCUT2D eigenvalue weighted by Crippen LogP contribution is -2.43. The van der Waals surface area contributed by atoms with Crippen LogP contribution in [0.1, 0.15) is 18.4 Å². The molecule has 0 saturated carbocycles. The lowest BCUT2D eigenvalue weighted by Gasteiger charge is -2.31. The van der Waals surface area contributed by atoms with Crippen molar-refractivity contribution in [2.45, 2.75) is 24.7 Å². The highest BCUT2D eigenvalue weighted by molar-refractivity contribution is 7.89. The molecular formula is C22H23FN4O3S. The number of rotatable bonds is 5. The van der Waals surface area contributed by atoms with E-state index >= 15 is 0 Å². The third-order valence-corrected chi connectivity index (χ3v) is 7.26. The number of anilines is 1. The zero-order valence-corrected chi connectivity index (χ0v) is 17.8. The summed E-state index contributed by atoms with van der Waals surface area (Å²) in [6.45, 7) is 2.39. The summed E-state index contributed by atoms with van der Waals surface area (Å²) in [6, 6.07) is 14.4. The quantitative estimate of drug-likeness (QED) is 0.632. The SMILES string of the molecule is Cc1ccc(S(=O)(=O)N2CCC[C@H](C(=O)Nc3cc(-c4cccc(F)c4)[nH]n3)C2)cc1. The molecule has 3 aromatic rings. The van der Waals surface area contributed by atoms with Crippen LogP contribution in [0, 0.1) is 18.7 Å². The van der Waals surface area contributed by atoms with Gasteiger partial charge < -0.3 is 5.32 Å². The molecule has 1 fully saturated rings. The molecule has 1 aromatic heterocycles. The highest BCUT2D eigenvalue weighted by Crippen LogP contribution is 2.26. The second-order valence-electron chi connectivity index (χ2n) is 7.68. The Hall–Kier alpha value is -3.04. The maximum atomic E-state index is 13.4. The van der Waals surface area contributed by atoms with E-state index in [0.717, 1.165) is 5.56 Å². The summed E-state index contributed by atoms with van der Waals surface area (Å²) in [7, 11) is -3.66. The van der Waals surface area contributed by atoms with Gasteiger partial charge in [0.1, 0.15) is 5.82 Å². The molecule has 4 rings (SSSR count). The van der Waals surface area contributed by atoms with E-state index < -0.39 is 15.9 Å². The largest absolute Gasteiger partial charge is 0.309 e. The van der Waals surface area contributed by atoms with E-state index in [-0.39, 0.29) is 23.2 Å². The number of amides is 1. The molecule has 2 aromatic carbocycles. The molecule has 1 aliphatic heterocycles. The maximum Gasteiger partial charge on any atom is 0.243 e. The Morgan fingerprint density at radius 2 is 1.97 bits per heavy atom. The molecule has 7 nitrogen and oxygen atoms in total. The van der Waals surface area contributed by atoms with Crippen molar-refractivity contribution in [3.8, 4) is 11.3 Å². The van der Waals surface area contributed by atoms with E-state index in [1.54, 1.807) is 42.5 Å². The summed E-state index contributed by atoms with van der Waals surface area (Å²) in [6.07, 6.45) is 1.19. The molecular weight excluding hydrogens is 419 g/mol. The van der Waals surface area contributed by atoms with E-state index in [0.29, 0.717) is 36.5 Å². The topological polar surface area (TPSA) is 95.2 Å². The number of hydrogen-bond donors (Lipinski definition) is 2.